The zero-order valence-corrected chi connectivity index (χ0v) is 22.9. The van der Waals surface area contributed by atoms with Gasteiger partial charge in [-0.1, -0.05) is 30.3 Å². The Kier molecular flexibility index (Phi) is 8.89. The van der Waals surface area contributed by atoms with Gasteiger partial charge in [0.05, 0.1) is 24.6 Å². The van der Waals surface area contributed by atoms with Crippen LogP contribution in [0, 0.1) is 0 Å². The highest BCUT2D eigenvalue weighted by atomic mass is 16.5. The molecule has 0 N–H and O–H groups in total. The van der Waals surface area contributed by atoms with Crippen LogP contribution in [-0.2, 0) is 0 Å². The summed E-state index contributed by atoms with van der Waals surface area (Å²) in [5, 5.41) is 7.20. The van der Waals surface area contributed by atoms with Crippen molar-refractivity contribution in [1.29, 1.82) is 0 Å². The third kappa shape index (κ3) is 6.16. The van der Waals surface area contributed by atoms with Gasteiger partial charge in [-0.3, -0.25) is 5.01 Å². The number of methoxy groups -OCH3 is 1. The third-order valence-electron chi connectivity index (χ3n) is 7.17. The number of hydrogen-bond donors (Lipinski definition) is 0. The van der Waals surface area contributed by atoms with Crippen LogP contribution in [0.5, 0.6) is 5.75 Å². The van der Waals surface area contributed by atoms with Gasteiger partial charge in [0.2, 0.25) is 0 Å². The van der Waals surface area contributed by atoms with Crippen LogP contribution in [0.2, 0.25) is 0 Å². The lowest BCUT2D eigenvalue weighted by Gasteiger charge is -2.26. The van der Waals surface area contributed by atoms with E-state index in [1.54, 1.807) is 7.11 Å². The van der Waals surface area contributed by atoms with E-state index in [2.05, 4.69) is 115 Å². The second-order valence-electron chi connectivity index (χ2n) is 9.21. The zero-order valence-electron chi connectivity index (χ0n) is 22.9. The molecule has 1 aliphatic rings. The van der Waals surface area contributed by atoms with E-state index in [-0.39, 0.29) is 6.04 Å². The van der Waals surface area contributed by atoms with Gasteiger partial charge in [-0.2, -0.15) is 5.10 Å². The molecule has 1 atom stereocenters. The third-order valence-corrected chi connectivity index (χ3v) is 7.17. The van der Waals surface area contributed by atoms with Crippen molar-refractivity contribution >= 4 is 28.8 Å². The number of ether oxygens (including phenoxy) is 1. The van der Waals surface area contributed by atoms with Crippen molar-refractivity contribution in [2.45, 2.75) is 40.2 Å². The Morgan fingerprint density at radius 1 is 0.757 bits per heavy atom. The molecule has 0 bridgehead atoms. The number of nitrogens with zero attached hydrogens (tertiary/aromatic N) is 4. The fraction of sp³-hybridized carbons (Fsp3) is 0.344. The molecule has 1 aliphatic heterocycles. The Labute approximate surface area is 222 Å². The number of benzene rings is 3. The Morgan fingerprint density at radius 3 is 1.81 bits per heavy atom. The lowest BCUT2D eigenvalue weighted by molar-refractivity contribution is 0.415. The Hall–Kier alpha value is -3.73. The summed E-state index contributed by atoms with van der Waals surface area (Å²) in [5.74, 6) is 0.848. The highest BCUT2D eigenvalue weighted by molar-refractivity contribution is 6.01. The molecule has 0 saturated heterocycles. The summed E-state index contributed by atoms with van der Waals surface area (Å²) in [5.41, 5.74) is 7.10. The highest BCUT2D eigenvalue weighted by Gasteiger charge is 2.28. The number of anilines is 3. The molecule has 4 rings (SSSR count). The summed E-state index contributed by atoms with van der Waals surface area (Å²) < 4.78 is 5.37. The molecular weight excluding hydrogens is 456 g/mol. The second kappa shape index (κ2) is 12.5. The molecule has 0 fully saturated rings. The first-order valence-corrected chi connectivity index (χ1v) is 13.5. The number of hydrazone groups is 1. The molecule has 0 spiro atoms. The molecule has 0 aromatic heterocycles. The molecule has 194 valence electrons. The fourth-order valence-electron chi connectivity index (χ4n) is 4.94. The number of hydrogen-bond acceptors (Lipinski definition) is 5. The molecule has 5 nitrogen and oxygen atoms in total. The van der Waals surface area contributed by atoms with E-state index in [0.29, 0.717) is 0 Å². The molecule has 3 aromatic carbocycles. The van der Waals surface area contributed by atoms with Crippen molar-refractivity contribution in [3.05, 3.63) is 90.0 Å². The van der Waals surface area contributed by atoms with Gasteiger partial charge in [-0.15, -0.1) is 0 Å². The summed E-state index contributed by atoms with van der Waals surface area (Å²) in [6.45, 7) is 12.8. The van der Waals surface area contributed by atoms with Gasteiger partial charge in [0.25, 0.3) is 0 Å². The maximum absolute atomic E-state index is 5.37. The van der Waals surface area contributed by atoms with Crippen molar-refractivity contribution in [2.24, 2.45) is 5.10 Å². The van der Waals surface area contributed by atoms with Crippen LogP contribution >= 0.6 is 0 Å². The van der Waals surface area contributed by atoms with Crippen molar-refractivity contribution in [3.63, 3.8) is 0 Å². The van der Waals surface area contributed by atoms with Gasteiger partial charge in [0.1, 0.15) is 5.75 Å². The smallest absolute Gasteiger partial charge is 0.119 e. The molecule has 5 heteroatoms. The minimum Gasteiger partial charge on any atom is -0.497 e. The van der Waals surface area contributed by atoms with Gasteiger partial charge in [0, 0.05) is 44.0 Å². The average molecular weight is 497 g/mol. The van der Waals surface area contributed by atoms with Crippen LogP contribution in [0.3, 0.4) is 0 Å². The van der Waals surface area contributed by atoms with E-state index in [1.807, 2.05) is 12.1 Å². The number of rotatable bonds is 11. The Bertz CT molecular complexity index is 1170. The summed E-state index contributed by atoms with van der Waals surface area (Å²) in [6, 6.07) is 26.0. The standard InChI is InChI=1S/C32H40N4O/c1-6-34(7-2)28-16-11-25(12-17-28)10-15-27-24-32(26-13-18-29(19-14-26)35(8-3)9-4)36(33-27)30-20-22-31(37-5)23-21-30/h10-23,32H,6-9,24H2,1-5H3/b15-10+. The summed E-state index contributed by atoms with van der Waals surface area (Å²) in [4.78, 5) is 4.73. The minimum absolute atomic E-state index is 0.142. The first kappa shape index (κ1) is 26.3. The monoisotopic (exact) mass is 496 g/mol. The van der Waals surface area contributed by atoms with E-state index < -0.39 is 0 Å². The van der Waals surface area contributed by atoms with E-state index in [0.717, 1.165) is 49.7 Å². The molecule has 3 aromatic rings. The van der Waals surface area contributed by atoms with Crippen LogP contribution in [-0.4, -0.2) is 39.0 Å². The number of allylic oxidation sites excluding steroid dienone is 1. The van der Waals surface area contributed by atoms with Crippen molar-refractivity contribution in [1.82, 2.24) is 0 Å². The predicted molar refractivity (Wildman–Crippen MR) is 159 cm³/mol. The molecule has 0 radical (unpaired) electrons. The van der Waals surface area contributed by atoms with Crippen molar-refractivity contribution in [2.75, 3.05) is 48.1 Å². The molecule has 0 saturated carbocycles. The maximum atomic E-state index is 5.37. The van der Waals surface area contributed by atoms with Crippen LogP contribution in [0.4, 0.5) is 17.1 Å². The van der Waals surface area contributed by atoms with Gasteiger partial charge >= 0.3 is 0 Å². The van der Waals surface area contributed by atoms with E-state index in [9.17, 15) is 0 Å². The highest BCUT2D eigenvalue weighted by Crippen LogP contribution is 2.37. The first-order chi connectivity index (χ1) is 18.1. The molecule has 1 unspecified atom stereocenters. The summed E-state index contributed by atoms with van der Waals surface area (Å²) in [6.07, 6.45) is 5.18. The molecule has 1 heterocycles. The second-order valence-corrected chi connectivity index (χ2v) is 9.21. The minimum atomic E-state index is 0.142. The predicted octanol–water partition coefficient (Wildman–Crippen LogP) is 7.41. The van der Waals surface area contributed by atoms with E-state index in [1.165, 1.54) is 22.5 Å². The normalized spacial score (nSPS) is 15.2. The molecule has 0 aliphatic carbocycles. The van der Waals surface area contributed by atoms with E-state index in [4.69, 9.17) is 9.84 Å². The van der Waals surface area contributed by atoms with Gasteiger partial charge in [0.15, 0.2) is 0 Å². The van der Waals surface area contributed by atoms with Crippen LogP contribution in [0.1, 0.15) is 51.3 Å². The fourth-order valence-corrected chi connectivity index (χ4v) is 4.94. The topological polar surface area (TPSA) is 31.3 Å². The van der Waals surface area contributed by atoms with Gasteiger partial charge in [-0.25, -0.2) is 0 Å². The molecular formula is C32H40N4O. The Morgan fingerprint density at radius 2 is 1.30 bits per heavy atom. The van der Waals surface area contributed by atoms with Crippen LogP contribution in [0.15, 0.2) is 84.0 Å². The van der Waals surface area contributed by atoms with Crippen molar-refractivity contribution in [3.8, 4) is 5.75 Å². The van der Waals surface area contributed by atoms with Crippen LogP contribution < -0.4 is 19.5 Å². The summed E-state index contributed by atoms with van der Waals surface area (Å²) in [7, 11) is 1.70. The zero-order chi connectivity index (χ0) is 26.2. The first-order valence-electron chi connectivity index (χ1n) is 13.5. The average Bonchev–Trinajstić information content (AvgIpc) is 3.38. The summed E-state index contributed by atoms with van der Waals surface area (Å²) >= 11 is 0. The SMILES string of the molecule is CCN(CC)c1ccc(/C=C/C2=NN(c3ccc(OC)cc3)C(c3ccc(N(CC)CC)cc3)C2)cc1. The Balaban J connectivity index is 1.58. The van der Waals surface area contributed by atoms with Crippen molar-refractivity contribution < 1.29 is 4.74 Å². The largest absolute Gasteiger partial charge is 0.497 e. The van der Waals surface area contributed by atoms with Crippen LogP contribution in [0.25, 0.3) is 6.08 Å². The van der Waals surface area contributed by atoms with E-state index >= 15 is 0 Å². The lowest BCUT2D eigenvalue weighted by Crippen LogP contribution is -2.22. The van der Waals surface area contributed by atoms with Gasteiger partial charge in [-0.05, 0) is 93.4 Å². The lowest BCUT2D eigenvalue weighted by atomic mass is 10.00. The quantitative estimate of drug-likeness (QED) is 0.277. The molecule has 0 amide bonds. The maximum Gasteiger partial charge on any atom is 0.119 e. The molecule has 37 heavy (non-hydrogen) atoms. The van der Waals surface area contributed by atoms with Gasteiger partial charge < -0.3 is 14.5 Å².